The van der Waals surface area contributed by atoms with Crippen LogP contribution in [-0.4, -0.2) is 41.1 Å². The molecule has 152 valence electrons. The van der Waals surface area contributed by atoms with Gasteiger partial charge >= 0.3 is 0 Å². The lowest BCUT2D eigenvalue weighted by Crippen LogP contribution is -2.34. The van der Waals surface area contributed by atoms with Gasteiger partial charge in [-0.25, -0.2) is 16.8 Å². The first-order valence-electron chi connectivity index (χ1n) is 9.19. The van der Waals surface area contributed by atoms with E-state index in [4.69, 9.17) is 4.74 Å². The highest BCUT2D eigenvalue weighted by Gasteiger charge is 2.33. The Hall–Kier alpha value is -1.90. The third-order valence-electron chi connectivity index (χ3n) is 5.06. The monoisotopic (exact) mass is 423 g/mol. The molecule has 0 amide bonds. The van der Waals surface area contributed by atoms with Crippen molar-refractivity contribution < 1.29 is 21.6 Å². The first-order valence-corrected chi connectivity index (χ1v) is 12.5. The summed E-state index contributed by atoms with van der Waals surface area (Å²) in [7, 11) is -5.53. The molecule has 1 unspecified atom stereocenters. The molecule has 0 bridgehead atoms. The second-order valence-electron chi connectivity index (χ2n) is 7.00. The number of benzene rings is 2. The second kappa shape index (κ2) is 8.23. The van der Waals surface area contributed by atoms with Gasteiger partial charge in [0.15, 0.2) is 9.84 Å². The van der Waals surface area contributed by atoms with E-state index in [0.717, 1.165) is 43.3 Å². The molecule has 8 heteroatoms. The fourth-order valence-corrected chi connectivity index (χ4v) is 5.84. The van der Waals surface area contributed by atoms with Gasteiger partial charge in [-0.3, -0.25) is 0 Å². The first-order chi connectivity index (χ1) is 13.2. The van der Waals surface area contributed by atoms with Crippen molar-refractivity contribution in [3.05, 3.63) is 54.1 Å². The molecule has 28 heavy (non-hydrogen) atoms. The van der Waals surface area contributed by atoms with Gasteiger partial charge in [0.1, 0.15) is 5.75 Å². The molecular formula is C20H25NO5S2. The van der Waals surface area contributed by atoms with Gasteiger partial charge in [0, 0.05) is 12.8 Å². The van der Waals surface area contributed by atoms with Gasteiger partial charge in [0.05, 0.1) is 22.9 Å². The van der Waals surface area contributed by atoms with Crippen molar-refractivity contribution in [1.29, 1.82) is 0 Å². The Bertz CT molecular complexity index is 1010. The zero-order chi connectivity index (χ0) is 20.4. The number of sulfonamides is 1. The summed E-state index contributed by atoms with van der Waals surface area (Å²) >= 11 is 0. The lowest BCUT2D eigenvalue weighted by atomic mass is 10.0. The Labute approximate surface area is 167 Å². The summed E-state index contributed by atoms with van der Waals surface area (Å²) in [4.78, 5) is 0.217. The van der Waals surface area contributed by atoms with Crippen LogP contribution in [0.1, 0.15) is 37.3 Å². The standard InChI is InChI=1S/C20H25NO5S2/c1-26-17-9-7-16(8-10-17)20-6-4-3-5-15-21(20)28(24,25)19-13-11-18(12-14-19)27(2,22)23/h7-14,20H,3-6,15H2,1-2H3. The number of ether oxygens (including phenoxy) is 1. The van der Waals surface area contributed by atoms with Crippen LogP contribution in [0.25, 0.3) is 0 Å². The van der Waals surface area contributed by atoms with E-state index < -0.39 is 19.9 Å². The Morgan fingerprint density at radius 3 is 2.04 bits per heavy atom. The lowest BCUT2D eigenvalue weighted by molar-refractivity contribution is 0.328. The average molecular weight is 424 g/mol. The molecule has 0 saturated carbocycles. The lowest BCUT2D eigenvalue weighted by Gasteiger charge is -2.29. The van der Waals surface area contributed by atoms with E-state index in [9.17, 15) is 16.8 Å². The van der Waals surface area contributed by atoms with E-state index in [0.29, 0.717) is 6.54 Å². The van der Waals surface area contributed by atoms with Crippen molar-refractivity contribution in [3.8, 4) is 5.75 Å². The zero-order valence-electron chi connectivity index (χ0n) is 16.0. The minimum atomic E-state index is -3.75. The van der Waals surface area contributed by atoms with E-state index in [-0.39, 0.29) is 15.8 Å². The Morgan fingerprint density at radius 1 is 0.857 bits per heavy atom. The molecule has 0 N–H and O–H groups in total. The molecule has 6 nitrogen and oxygen atoms in total. The highest BCUT2D eigenvalue weighted by atomic mass is 32.2. The van der Waals surface area contributed by atoms with E-state index in [1.807, 2.05) is 24.3 Å². The second-order valence-corrected chi connectivity index (χ2v) is 10.9. The van der Waals surface area contributed by atoms with E-state index in [2.05, 4.69) is 0 Å². The van der Waals surface area contributed by atoms with Gasteiger partial charge in [-0.2, -0.15) is 4.31 Å². The largest absolute Gasteiger partial charge is 0.497 e. The summed E-state index contributed by atoms with van der Waals surface area (Å²) in [6.07, 6.45) is 4.58. The number of hydrogen-bond donors (Lipinski definition) is 0. The maximum atomic E-state index is 13.4. The van der Waals surface area contributed by atoms with Gasteiger partial charge in [0.25, 0.3) is 0 Å². The molecule has 2 aromatic rings. The van der Waals surface area contributed by atoms with E-state index >= 15 is 0 Å². The first kappa shape index (κ1) is 20.8. The summed E-state index contributed by atoms with van der Waals surface area (Å²) < 4.78 is 56.8. The highest BCUT2D eigenvalue weighted by molar-refractivity contribution is 7.90. The molecule has 0 radical (unpaired) electrons. The maximum Gasteiger partial charge on any atom is 0.243 e. The van der Waals surface area contributed by atoms with Gasteiger partial charge in [-0.15, -0.1) is 0 Å². The normalized spacial score (nSPS) is 19.1. The SMILES string of the molecule is COc1ccc(C2CCCCCN2S(=O)(=O)c2ccc(S(C)(=O)=O)cc2)cc1. The molecule has 1 fully saturated rings. The van der Waals surface area contributed by atoms with Crippen LogP contribution in [0, 0.1) is 0 Å². The van der Waals surface area contributed by atoms with Crippen LogP contribution >= 0.6 is 0 Å². The molecule has 1 atom stereocenters. The molecule has 1 aliphatic heterocycles. The summed E-state index contributed by atoms with van der Waals surface area (Å²) in [5.74, 6) is 0.725. The van der Waals surface area contributed by atoms with Gasteiger partial charge in [0.2, 0.25) is 10.0 Å². The minimum Gasteiger partial charge on any atom is -0.497 e. The number of hydrogen-bond acceptors (Lipinski definition) is 5. The molecule has 0 spiro atoms. The number of rotatable bonds is 5. The molecule has 0 aliphatic carbocycles. The molecule has 3 rings (SSSR count). The Balaban J connectivity index is 1.98. The van der Waals surface area contributed by atoms with Crippen LogP contribution in [0.2, 0.25) is 0 Å². The molecule has 1 aliphatic rings. The summed E-state index contributed by atoms with van der Waals surface area (Å²) in [5, 5.41) is 0. The van der Waals surface area contributed by atoms with Crippen LogP contribution in [0.5, 0.6) is 5.75 Å². The van der Waals surface area contributed by atoms with Gasteiger partial charge in [-0.05, 0) is 54.8 Å². The number of sulfone groups is 1. The van der Waals surface area contributed by atoms with Crippen LogP contribution in [0.15, 0.2) is 58.3 Å². The van der Waals surface area contributed by atoms with Crippen molar-refractivity contribution in [3.63, 3.8) is 0 Å². The van der Waals surface area contributed by atoms with Gasteiger partial charge < -0.3 is 4.74 Å². The predicted molar refractivity (Wildman–Crippen MR) is 108 cm³/mol. The van der Waals surface area contributed by atoms with Crippen molar-refractivity contribution in [2.24, 2.45) is 0 Å². The van der Waals surface area contributed by atoms with E-state index in [1.165, 1.54) is 24.3 Å². The molecule has 1 heterocycles. The third kappa shape index (κ3) is 4.39. The van der Waals surface area contributed by atoms with Crippen LogP contribution in [0.4, 0.5) is 0 Å². The minimum absolute atomic E-state index is 0.106. The molecule has 1 saturated heterocycles. The van der Waals surface area contributed by atoms with Crippen LogP contribution < -0.4 is 4.74 Å². The zero-order valence-corrected chi connectivity index (χ0v) is 17.7. The Morgan fingerprint density at radius 2 is 1.46 bits per heavy atom. The summed E-state index contributed by atoms with van der Waals surface area (Å²) in [5.41, 5.74) is 0.930. The topological polar surface area (TPSA) is 80.8 Å². The number of methoxy groups -OCH3 is 1. The highest BCUT2D eigenvalue weighted by Crippen LogP contribution is 2.35. The van der Waals surface area contributed by atoms with Gasteiger partial charge in [-0.1, -0.05) is 25.0 Å². The fourth-order valence-electron chi connectivity index (χ4n) is 3.52. The van der Waals surface area contributed by atoms with Crippen molar-refractivity contribution in [2.45, 2.75) is 41.5 Å². The maximum absolute atomic E-state index is 13.4. The van der Waals surface area contributed by atoms with Crippen molar-refractivity contribution >= 4 is 19.9 Å². The predicted octanol–water partition coefficient (Wildman–Crippen LogP) is 3.40. The average Bonchev–Trinajstić information content (AvgIpc) is 2.94. The third-order valence-corrected chi connectivity index (χ3v) is 8.11. The smallest absolute Gasteiger partial charge is 0.243 e. The van der Waals surface area contributed by atoms with Crippen LogP contribution in [-0.2, 0) is 19.9 Å². The van der Waals surface area contributed by atoms with E-state index in [1.54, 1.807) is 11.4 Å². The summed E-state index contributed by atoms with van der Waals surface area (Å²) in [6.45, 7) is 0.437. The molecular weight excluding hydrogens is 398 g/mol. The van der Waals surface area contributed by atoms with Crippen molar-refractivity contribution in [1.82, 2.24) is 4.31 Å². The Kier molecular flexibility index (Phi) is 6.12. The summed E-state index contributed by atoms with van der Waals surface area (Å²) in [6, 6.07) is 12.7. The van der Waals surface area contributed by atoms with Crippen molar-refractivity contribution in [2.75, 3.05) is 19.9 Å². The molecule has 0 aromatic heterocycles. The number of nitrogens with zero attached hydrogens (tertiary/aromatic N) is 1. The molecule has 2 aromatic carbocycles. The quantitative estimate of drug-likeness (QED) is 0.736. The van der Waals surface area contributed by atoms with Crippen LogP contribution in [0.3, 0.4) is 0 Å². The fraction of sp³-hybridized carbons (Fsp3) is 0.400.